The maximum absolute atomic E-state index is 13.3. The second kappa shape index (κ2) is 11.3. The van der Waals surface area contributed by atoms with Crippen molar-refractivity contribution >= 4 is 28.4 Å². The predicted octanol–water partition coefficient (Wildman–Crippen LogP) is 3.86. The van der Waals surface area contributed by atoms with Crippen molar-refractivity contribution in [3.8, 4) is 5.82 Å². The van der Waals surface area contributed by atoms with Crippen LogP contribution in [0.5, 0.6) is 0 Å². The van der Waals surface area contributed by atoms with Gasteiger partial charge in [-0.05, 0) is 68.5 Å². The Morgan fingerprint density at radius 3 is 2.50 bits per heavy atom. The number of likely N-dealkylation sites (tertiary alicyclic amines) is 1. The van der Waals surface area contributed by atoms with Gasteiger partial charge in [0, 0.05) is 50.3 Å². The number of benzene rings is 1. The number of allylic oxidation sites excluding steroid dienone is 1. The van der Waals surface area contributed by atoms with Gasteiger partial charge in [0.25, 0.3) is 5.56 Å². The largest absolute Gasteiger partial charge is 0.384 e. The molecule has 4 aromatic rings. The third kappa shape index (κ3) is 5.54. The van der Waals surface area contributed by atoms with E-state index in [1.54, 1.807) is 42.8 Å². The molecule has 2 saturated heterocycles. The number of nitrogens with one attached hydrogen (secondary N) is 1. The average molecular weight is 573 g/mol. The Hall–Kier alpha value is -4.09. The van der Waals surface area contributed by atoms with E-state index in [9.17, 15) is 14.3 Å². The standard InChI is InChI=1S/C31H37FN8O2/c1-4-13-39-29(41)25-16-33-30(36-28(25)40(39)27-7-5-6-26(35-27)31(2,3)42)34-23-8-10-24(11-9-23)38-19-21-15-22(20-38)18-37(17-21)14-12-32/h4-11,16,21-22,42H,1,12-15,17-20H2,2-3H3,(H,33,34,36). The number of halogens is 1. The summed E-state index contributed by atoms with van der Waals surface area (Å²) in [5.74, 6) is 1.92. The van der Waals surface area contributed by atoms with E-state index in [0.29, 0.717) is 46.9 Å². The normalized spacial score (nSPS) is 19.3. The minimum Gasteiger partial charge on any atom is -0.384 e. The third-order valence-corrected chi connectivity index (χ3v) is 8.10. The molecule has 2 N–H and O–H groups in total. The number of nitrogens with zero attached hydrogens (tertiary/aromatic N) is 7. The molecule has 10 nitrogen and oxygen atoms in total. The molecule has 0 spiro atoms. The highest BCUT2D eigenvalue weighted by Gasteiger charge is 2.34. The molecule has 11 heteroatoms. The molecule has 0 radical (unpaired) electrons. The Labute approximate surface area is 244 Å². The summed E-state index contributed by atoms with van der Waals surface area (Å²) in [7, 11) is 0. The van der Waals surface area contributed by atoms with Gasteiger partial charge in [0.05, 0.1) is 12.2 Å². The first-order valence-electron chi connectivity index (χ1n) is 14.4. The van der Waals surface area contributed by atoms with Crippen LogP contribution in [0.2, 0.25) is 0 Å². The summed E-state index contributed by atoms with van der Waals surface area (Å²) in [4.78, 5) is 31.8. The number of anilines is 3. The SMILES string of the molecule is C=CCn1c(=O)c2cnc(Nc3ccc(N4CC5CC(CN(CCF)C5)C4)cc3)nc2n1-c1cccc(C(C)(C)O)n1. The maximum Gasteiger partial charge on any atom is 0.278 e. The molecule has 3 aromatic heterocycles. The van der Waals surface area contributed by atoms with Gasteiger partial charge in [-0.3, -0.25) is 4.79 Å². The van der Waals surface area contributed by atoms with E-state index in [0.717, 1.165) is 31.9 Å². The fraction of sp³-hybridized carbons (Fsp3) is 0.419. The van der Waals surface area contributed by atoms with Crippen LogP contribution in [0.25, 0.3) is 16.9 Å². The van der Waals surface area contributed by atoms with Gasteiger partial charge in [-0.1, -0.05) is 12.1 Å². The molecule has 2 fully saturated rings. The highest BCUT2D eigenvalue weighted by Crippen LogP contribution is 2.32. The quantitative estimate of drug-likeness (QED) is 0.292. The van der Waals surface area contributed by atoms with Crippen LogP contribution in [0.15, 0.2) is 66.1 Å². The Kier molecular flexibility index (Phi) is 7.54. The van der Waals surface area contributed by atoms with Crippen molar-refractivity contribution in [3.63, 3.8) is 0 Å². The van der Waals surface area contributed by atoms with Crippen LogP contribution in [-0.4, -0.2) is 73.7 Å². The molecule has 0 aliphatic carbocycles. The molecule has 2 aliphatic heterocycles. The summed E-state index contributed by atoms with van der Waals surface area (Å²) >= 11 is 0. The van der Waals surface area contributed by atoms with Gasteiger partial charge in [-0.25, -0.2) is 23.7 Å². The number of pyridine rings is 1. The van der Waals surface area contributed by atoms with Crippen LogP contribution in [-0.2, 0) is 12.1 Å². The number of rotatable bonds is 9. The number of aliphatic hydroxyl groups is 1. The Balaban J connectivity index is 1.26. The Morgan fingerprint density at radius 1 is 1.10 bits per heavy atom. The topological polar surface area (TPSA) is 104 Å². The first-order chi connectivity index (χ1) is 20.2. The lowest BCUT2D eigenvalue weighted by Gasteiger charge is -2.46. The second-order valence-corrected chi connectivity index (χ2v) is 11.9. The number of hydrogen-bond acceptors (Lipinski definition) is 8. The summed E-state index contributed by atoms with van der Waals surface area (Å²) in [6.45, 7) is 11.5. The zero-order chi connectivity index (χ0) is 29.4. The Bertz CT molecular complexity index is 1630. The molecule has 42 heavy (non-hydrogen) atoms. The van der Waals surface area contributed by atoms with Crippen molar-refractivity contribution in [1.29, 1.82) is 0 Å². The van der Waals surface area contributed by atoms with Crippen LogP contribution in [0.1, 0.15) is 26.0 Å². The molecule has 6 rings (SSSR count). The van der Waals surface area contributed by atoms with Crippen LogP contribution in [0.4, 0.5) is 21.7 Å². The first-order valence-corrected chi connectivity index (χ1v) is 14.4. The number of hydrogen-bond donors (Lipinski definition) is 2. The third-order valence-electron chi connectivity index (χ3n) is 8.10. The van der Waals surface area contributed by atoms with Crippen molar-refractivity contribution in [2.45, 2.75) is 32.4 Å². The van der Waals surface area contributed by atoms with Crippen molar-refractivity contribution < 1.29 is 9.50 Å². The molecule has 0 saturated carbocycles. The van der Waals surface area contributed by atoms with Gasteiger partial charge in [-0.2, -0.15) is 4.98 Å². The lowest BCUT2D eigenvalue weighted by Crippen LogP contribution is -2.53. The highest BCUT2D eigenvalue weighted by molar-refractivity contribution is 5.77. The van der Waals surface area contributed by atoms with Gasteiger partial charge in [0.1, 0.15) is 17.7 Å². The lowest BCUT2D eigenvalue weighted by atomic mass is 9.84. The predicted molar refractivity (Wildman–Crippen MR) is 162 cm³/mol. The van der Waals surface area contributed by atoms with E-state index in [4.69, 9.17) is 4.98 Å². The molecule has 5 heterocycles. The zero-order valence-electron chi connectivity index (χ0n) is 24.1. The summed E-state index contributed by atoms with van der Waals surface area (Å²) in [6, 6.07) is 13.5. The maximum atomic E-state index is 13.3. The van der Waals surface area contributed by atoms with Crippen LogP contribution >= 0.6 is 0 Å². The van der Waals surface area contributed by atoms with Gasteiger partial charge in [-0.15, -0.1) is 6.58 Å². The highest BCUT2D eigenvalue weighted by atomic mass is 19.1. The van der Waals surface area contributed by atoms with Gasteiger partial charge >= 0.3 is 0 Å². The molecule has 2 atom stereocenters. The van der Waals surface area contributed by atoms with Crippen molar-refractivity contribution in [1.82, 2.24) is 29.2 Å². The lowest BCUT2D eigenvalue weighted by molar-refractivity contribution is 0.0738. The molecule has 2 aliphatic rings. The fourth-order valence-corrected chi connectivity index (χ4v) is 6.28. The molecule has 0 amide bonds. The van der Waals surface area contributed by atoms with Crippen molar-refractivity contribution in [2.75, 3.05) is 49.6 Å². The van der Waals surface area contributed by atoms with E-state index in [-0.39, 0.29) is 18.8 Å². The monoisotopic (exact) mass is 572 g/mol. The van der Waals surface area contributed by atoms with Crippen LogP contribution < -0.4 is 15.8 Å². The van der Waals surface area contributed by atoms with Gasteiger partial charge in [0.15, 0.2) is 11.5 Å². The van der Waals surface area contributed by atoms with E-state index < -0.39 is 5.60 Å². The average Bonchev–Trinajstić information content (AvgIpc) is 3.23. The number of aromatic nitrogens is 5. The molecule has 2 bridgehead atoms. The van der Waals surface area contributed by atoms with Crippen molar-refractivity contribution in [3.05, 3.63) is 77.4 Å². The molecular formula is C31H37FN8O2. The summed E-state index contributed by atoms with van der Waals surface area (Å²) in [5.41, 5.74) is 1.46. The van der Waals surface area contributed by atoms with Gasteiger partial charge < -0.3 is 20.2 Å². The molecule has 220 valence electrons. The van der Waals surface area contributed by atoms with E-state index in [1.807, 2.05) is 12.1 Å². The summed E-state index contributed by atoms with van der Waals surface area (Å²) < 4.78 is 16.0. The first kappa shape index (κ1) is 28.0. The van der Waals surface area contributed by atoms with E-state index in [2.05, 4.69) is 43.8 Å². The fourth-order valence-electron chi connectivity index (χ4n) is 6.28. The van der Waals surface area contributed by atoms with Crippen LogP contribution in [0.3, 0.4) is 0 Å². The molecule has 1 aromatic carbocycles. The van der Waals surface area contributed by atoms with E-state index in [1.165, 1.54) is 23.0 Å². The van der Waals surface area contributed by atoms with E-state index >= 15 is 0 Å². The molecule has 2 unspecified atom stereocenters. The minimum atomic E-state index is -1.15. The van der Waals surface area contributed by atoms with Gasteiger partial charge in [0.2, 0.25) is 5.95 Å². The van der Waals surface area contributed by atoms with Crippen molar-refractivity contribution in [2.24, 2.45) is 11.8 Å². The molecular weight excluding hydrogens is 535 g/mol. The zero-order valence-corrected chi connectivity index (χ0v) is 24.1. The number of fused-ring (bicyclic) bond motifs is 3. The second-order valence-electron chi connectivity index (χ2n) is 11.9. The number of alkyl halides is 1. The minimum absolute atomic E-state index is 0.250. The Morgan fingerprint density at radius 2 is 1.83 bits per heavy atom. The van der Waals surface area contributed by atoms with Crippen LogP contribution in [0, 0.1) is 11.8 Å². The summed E-state index contributed by atoms with van der Waals surface area (Å²) in [5, 5.41) is 14.2. The smallest absolute Gasteiger partial charge is 0.278 e. The number of piperidine rings is 2. The summed E-state index contributed by atoms with van der Waals surface area (Å²) in [6.07, 6.45) is 4.38.